The van der Waals surface area contributed by atoms with Crippen LogP contribution in [0.15, 0.2) is 4.99 Å². The van der Waals surface area contributed by atoms with Gasteiger partial charge in [0.1, 0.15) is 0 Å². The van der Waals surface area contributed by atoms with E-state index in [9.17, 15) is 5.11 Å². The average molecular weight is 293 g/mol. The number of hydrogen-bond acceptors (Lipinski definition) is 3. The van der Waals surface area contributed by atoms with Crippen molar-refractivity contribution in [3.63, 3.8) is 0 Å². The molecule has 4 rings (SSSR count). The van der Waals surface area contributed by atoms with Crippen LogP contribution in [-0.4, -0.2) is 60.0 Å². The Balaban J connectivity index is 1.44. The van der Waals surface area contributed by atoms with E-state index in [1.165, 1.54) is 12.8 Å². The number of nitrogens with one attached hydrogen (secondary N) is 1. The summed E-state index contributed by atoms with van der Waals surface area (Å²) in [6, 6.07) is 0. The van der Waals surface area contributed by atoms with Crippen molar-refractivity contribution >= 4 is 5.96 Å². The highest BCUT2D eigenvalue weighted by atomic mass is 16.5. The third-order valence-corrected chi connectivity index (χ3v) is 5.89. The third kappa shape index (κ3) is 2.34. The summed E-state index contributed by atoms with van der Waals surface area (Å²) in [4.78, 5) is 7.13. The fourth-order valence-electron chi connectivity index (χ4n) is 4.52. The first-order valence-electron chi connectivity index (χ1n) is 8.60. The van der Waals surface area contributed by atoms with Gasteiger partial charge < -0.3 is 20.1 Å². The first kappa shape index (κ1) is 13.8. The Morgan fingerprint density at radius 1 is 1.29 bits per heavy atom. The first-order valence-corrected chi connectivity index (χ1v) is 8.60. The Bertz CT molecular complexity index is 417. The Labute approximate surface area is 126 Å². The van der Waals surface area contributed by atoms with Crippen molar-refractivity contribution in [2.45, 2.75) is 56.8 Å². The predicted molar refractivity (Wildman–Crippen MR) is 81.2 cm³/mol. The van der Waals surface area contributed by atoms with Crippen LogP contribution in [-0.2, 0) is 4.74 Å². The SMILES string of the molecule is CCNC(=NCC1(O)CCC1)N1CC2C3CCC(O3)C2C1. The maximum Gasteiger partial charge on any atom is 0.194 e. The zero-order chi connectivity index (χ0) is 14.4. The average Bonchev–Trinajstić information content (AvgIpc) is 3.12. The molecule has 0 spiro atoms. The van der Waals surface area contributed by atoms with Crippen LogP contribution < -0.4 is 5.32 Å². The minimum Gasteiger partial charge on any atom is -0.388 e. The molecule has 0 radical (unpaired) electrons. The van der Waals surface area contributed by atoms with Crippen molar-refractivity contribution in [2.24, 2.45) is 16.8 Å². The third-order valence-electron chi connectivity index (χ3n) is 5.89. The van der Waals surface area contributed by atoms with E-state index < -0.39 is 5.60 Å². The van der Waals surface area contributed by atoms with Gasteiger partial charge in [0, 0.05) is 31.5 Å². The molecule has 118 valence electrons. The number of likely N-dealkylation sites (tertiary alicyclic amines) is 1. The molecule has 0 aromatic rings. The summed E-state index contributed by atoms with van der Waals surface area (Å²) in [5, 5.41) is 13.7. The van der Waals surface area contributed by atoms with Crippen molar-refractivity contribution in [1.29, 1.82) is 0 Å². The monoisotopic (exact) mass is 293 g/mol. The molecule has 3 aliphatic heterocycles. The van der Waals surface area contributed by atoms with Gasteiger partial charge in [-0.2, -0.15) is 0 Å². The lowest BCUT2D eigenvalue weighted by Crippen LogP contribution is -2.44. The van der Waals surface area contributed by atoms with Gasteiger partial charge in [-0.15, -0.1) is 0 Å². The van der Waals surface area contributed by atoms with Crippen molar-refractivity contribution in [3.8, 4) is 0 Å². The smallest absolute Gasteiger partial charge is 0.194 e. The highest BCUT2D eigenvalue weighted by Gasteiger charge is 2.53. The van der Waals surface area contributed by atoms with Crippen molar-refractivity contribution < 1.29 is 9.84 Å². The molecular weight excluding hydrogens is 266 g/mol. The highest BCUT2D eigenvalue weighted by molar-refractivity contribution is 5.80. The standard InChI is InChI=1S/C16H27N3O2/c1-2-17-15(18-10-16(20)6-3-7-16)19-8-11-12(9-19)14-5-4-13(11)21-14/h11-14,20H,2-10H2,1H3,(H,17,18). The van der Waals surface area contributed by atoms with Gasteiger partial charge in [-0.25, -0.2) is 0 Å². The molecule has 3 saturated heterocycles. The number of ether oxygens (including phenoxy) is 1. The van der Waals surface area contributed by atoms with Crippen LogP contribution >= 0.6 is 0 Å². The predicted octanol–water partition coefficient (Wildman–Crippen LogP) is 0.976. The van der Waals surface area contributed by atoms with E-state index in [2.05, 4.69) is 17.1 Å². The molecule has 2 N–H and O–H groups in total. The molecule has 3 heterocycles. The van der Waals surface area contributed by atoms with Gasteiger partial charge in [0.15, 0.2) is 5.96 Å². The maximum absolute atomic E-state index is 10.3. The van der Waals surface area contributed by atoms with E-state index in [-0.39, 0.29) is 0 Å². The highest BCUT2D eigenvalue weighted by Crippen LogP contribution is 2.47. The first-order chi connectivity index (χ1) is 10.2. The maximum atomic E-state index is 10.3. The normalized spacial score (nSPS) is 40.3. The molecule has 0 aromatic carbocycles. The molecule has 5 nitrogen and oxygen atoms in total. The van der Waals surface area contributed by atoms with Crippen molar-refractivity contribution in [3.05, 3.63) is 0 Å². The van der Waals surface area contributed by atoms with Crippen LogP contribution in [0, 0.1) is 11.8 Å². The summed E-state index contributed by atoms with van der Waals surface area (Å²) in [7, 11) is 0. The molecule has 4 aliphatic rings. The van der Waals surface area contributed by atoms with Crippen LogP contribution in [0.2, 0.25) is 0 Å². The summed E-state index contributed by atoms with van der Waals surface area (Å²) in [5.41, 5.74) is -0.529. The Hall–Kier alpha value is -0.810. The second-order valence-electron chi connectivity index (χ2n) is 7.27. The second kappa shape index (κ2) is 5.13. The summed E-state index contributed by atoms with van der Waals surface area (Å²) >= 11 is 0. The van der Waals surface area contributed by atoms with E-state index in [0.29, 0.717) is 30.6 Å². The lowest BCUT2D eigenvalue weighted by molar-refractivity contribution is -0.0237. The summed E-state index contributed by atoms with van der Waals surface area (Å²) in [6.07, 6.45) is 6.41. The van der Waals surface area contributed by atoms with Gasteiger partial charge in [0.05, 0.1) is 24.4 Å². The van der Waals surface area contributed by atoms with Crippen LogP contribution in [0.25, 0.3) is 0 Å². The van der Waals surface area contributed by atoms with Crippen LogP contribution in [0.1, 0.15) is 39.0 Å². The number of guanidine groups is 1. The van der Waals surface area contributed by atoms with Gasteiger partial charge in [-0.1, -0.05) is 0 Å². The topological polar surface area (TPSA) is 57.1 Å². The van der Waals surface area contributed by atoms with Crippen LogP contribution in [0.4, 0.5) is 0 Å². The fraction of sp³-hybridized carbons (Fsp3) is 0.938. The Morgan fingerprint density at radius 3 is 2.48 bits per heavy atom. The number of aliphatic imine (C=N–C) groups is 1. The van der Waals surface area contributed by atoms with Gasteiger partial charge in [-0.05, 0) is 39.0 Å². The summed E-state index contributed by atoms with van der Waals surface area (Å²) in [5.74, 6) is 2.38. The Kier molecular flexibility index (Phi) is 3.38. The largest absolute Gasteiger partial charge is 0.388 e. The molecule has 0 amide bonds. The lowest BCUT2D eigenvalue weighted by Gasteiger charge is -2.35. The van der Waals surface area contributed by atoms with Crippen molar-refractivity contribution in [1.82, 2.24) is 10.2 Å². The minimum atomic E-state index is -0.529. The van der Waals surface area contributed by atoms with Gasteiger partial charge in [0.25, 0.3) is 0 Å². The zero-order valence-corrected chi connectivity index (χ0v) is 12.9. The number of fused-ring (bicyclic) bond motifs is 5. The molecule has 4 fully saturated rings. The molecule has 4 unspecified atom stereocenters. The fourth-order valence-corrected chi connectivity index (χ4v) is 4.52. The summed E-state index contributed by atoms with van der Waals surface area (Å²) in [6.45, 7) is 5.67. The zero-order valence-electron chi connectivity index (χ0n) is 12.9. The molecule has 21 heavy (non-hydrogen) atoms. The molecule has 5 heteroatoms. The van der Waals surface area contributed by atoms with E-state index in [4.69, 9.17) is 9.73 Å². The van der Waals surface area contributed by atoms with Gasteiger partial charge in [0.2, 0.25) is 0 Å². The Morgan fingerprint density at radius 2 is 1.95 bits per heavy atom. The molecule has 2 bridgehead atoms. The molecule has 4 atom stereocenters. The second-order valence-corrected chi connectivity index (χ2v) is 7.27. The molecule has 1 aliphatic carbocycles. The van der Waals surface area contributed by atoms with Crippen LogP contribution in [0.3, 0.4) is 0 Å². The molecule has 0 aromatic heterocycles. The quantitative estimate of drug-likeness (QED) is 0.601. The number of aliphatic hydroxyl groups is 1. The van der Waals surface area contributed by atoms with E-state index >= 15 is 0 Å². The minimum absolute atomic E-state index is 0.490. The molecular formula is C16H27N3O2. The van der Waals surface area contributed by atoms with Crippen LogP contribution in [0.5, 0.6) is 0 Å². The van der Waals surface area contributed by atoms with E-state index in [1.54, 1.807) is 0 Å². The number of hydrogen-bond donors (Lipinski definition) is 2. The molecule has 1 saturated carbocycles. The lowest BCUT2D eigenvalue weighted by atomic mass is 9.80. The number of nitrogens with zero attached hydrogens (tertiary/aromatic N) is 2. The van der Waals surface area contributed by atoms with Gasteiger partial charge >= 0.3 is 0 Å². The van der Waals surface area contributed by atoms with Gasteiger partial charge in [-0.3, -0.25) is 4.99 Å². The van der Waals surface area contributed by atoms with Crippen molar-refractivity contribution in [2.75, 3.05) is 26.2 Å². The number of rotatable bonds is 3. The summed E-state index contributed by atoms with van der Waals surface area (Å²) < 4.78 is 6.04. The van der Waals surface area contributed by atoms with E-state index in [1.807, 2.05) is 0 Å². The van der Waals surface area contributed by atoms with E-state index in [0.717, 1.165) is 44.9 Å².